The number of hydrogen-bond donors (Lipinski definition) is 1. The highest BCUT2D eigenvalue weighted by Crippen LogP contribution is 2.28. The summed E-state index contributed by atoms with van der Waals surface area (Å²) < 4.78 is 2.22. The number of piperidine rings is 2. The molecule has 1 N–H and O–H groups in total. The predicted molar refractivity (Wildman–Crippen MR) is 106 cm³/mol. The fourth-order valence-corrected chi connectivity index (χ4v) is 4.20. The van der Waals surface area contributed by atoms with Crippen LogP contribution in [0, 0.1) is 0 Å². The zero-order valence-corrected chi connectivity index (χ0v) is 16.4. The Kier molecular flexibility index (Phi) is 5.52. The number of hydrogen-bond acceptors (Lipinski definition) is 7. The van der Waals surface area contributed by atoms with Gasteiger partial charge in [-0.3, -0.25) is 4.90 Å². The number of nitrogens with zero attached hydrogens (tertiary/aromatic N) is 7. The Morgan fingerprint density at radius 1 is 1.11 bits per heavy atom. The van der Waals surface area contributed by atoms with Crippen molar-refractivity contribution in [2.24, 2.45) is 7.05 Å². The van der Waals surface area contributed by atoms with Crippen LogP contribution >= 0.6 is 0 Å². The summed E-state index contributed by atoms with van der Waals surface area (Å²) in [6.45, 7) is 5.15. The highest BCUT2D eigenvalue weighted by atomic mass is 15.3. The van der Waals surface area contributed by atoms with Crippen molar-refractivity contribution in [3.05, 3.63) is 23.9 Å². The van der Waals surface area contributed by atoms with Gasteiger partial charge in [0.2, 0.25) is 5.95 Å². The van der Waals surface area contributed by atoms with E-state index in [2.05, 4.69) is 46.9 Å². The van der Waals surface area contributed by atoms with Crippen LogP contribution in [0.2, 0.25) is 0 Å². The van der Waals surface area contributed by atoms with Gasteiger partial charge in [0.15, 0.2) is 0 Å². The summed E-state index contributed by atoms with van der Waals surface area (Å²) in [5, 5.41) is 12.2. The second-order valence-corrected chi connectivity index (χ2v) is 7.65. The fraction of sp³-hybridized carbons (Fsp3) is 0.684. The molecule has 2 aromatic heterocycles. The first-order valence-electron chi connectivity index (χ1n) is 10.1. The first kappa shape index (κ1) is 18.2. The quantitative estimate of drug-likeness (QED) is 0.863. The zero-order chi connectivity index (χ0) is 18.6. The third-order valence-corrected chi connectivity index (χ3v) is 5.78. The van der Waals surface area contributed by atoms with E-state index in [0.29, 0.717) is 5.92 Å². The van der Waals surface area contributed by atoms with Gasteiger partial charge in [-0.15, -0.1) is 10.2 Å². The third kappa shape index (κ3) is 4.05. The Bertz CT molecular complexity index is 752. The van der Waals surface area contributed by atoms with E-state index >= 15 is 0 Å². The van der Waals surface area contributed by atoms with Crippen molar-refractivity contribution in [3.63, 3.8) is 0 Å². The monoisotopic (exact) mass is 370 g/mol. The largest absolute Gasteiger partial charge is 0.373 e. The molecule has 4 rings (SSSR count). The smallest absolute Gasteiger partial charge is 0.227 e. The molecule has 146 valence electrons. The van der Waals surface area contributed by atoms with Crippen LogP contribution in [0.15, 0.2) is 12.3 Å². The van der Waals surface area contributed by atoms with Crippen molar-refractivity contribution in [1.29, 1.82) is 0 Å². The van der Waals surface area contributed by atoms with E-state index in [1.807, 2.05) is 19.3 Å². The van der Waals surface area contributed by atoms with Gasteiger partial charge in [-0.2, -0.15) is 4.98 Å². The topological polar surface area (TPSA) is 75.0 Å². The van der Waals surface area contributed by atoms with Crippen molar-refractivity contribution in [2.45, 2.75) is 44.6 Å². The molecule has 2 aromatic rings. The maximum absolute atomic E-state index is 4.60. The van der Waals surface area contributed by atoms with Crippen molar-refractivity contribution in [2.75, 3.05) is 43.4 Å². The highest BCUT2D eigenvalue weighted by molar-refractivity contribution is 5.41. The van der Waals surface area contributed by atoms with Crippen LogP contribution in [-0.4, -0.2) is 62.9 Å². The Morgan fingerprint density at radius 2 is 1.96 bits per heavy atom. The van der Waals surface area contributed by atoms with Crippen molar-refractivity contribution in [3.8, 4) is 0 Å². The van der Waals surface area contributed by atoms with Crippen LogP contribution in [0.4, 0.5) is 11.8 Å². The van der Waals surface area contributed by atoms with Crippen LogP contribution in [0.1, 0.15) is 49.7 Å². The molecule has 0 aliphatic carbocycles. The van der Waals surface area contributed by atoms with E-state index in [-0.39, 0.29) is 0 Å². The van der Waals surface area contributed by atoms with Crippen molar-refractivity contribution in [1.82, 2.24) is 29.6 Å². The molecule has 8 nitrogen and oxygen atoms in total. The molecule has 1 atom stereocenters. The molecule has 8 heteroatoms. The lowest BCUT2D eigenvalue weighted by molar-refractivity contribution is 0.213. The first-order valence-corrected chi connectivity index (χ1v) is 10.1. The average Bonchev–Trinajstić information content (AvgIpc) is 3.09. The molecular formula is C19H30N8. The molecule has 2 aliphatic rings. The minimum absolute atomic E-state index is 0.369. The van der Waals surface area contributed by atoms with Gasteiger partial charge in [0.05, 0.1) is 6.54 Å². The molecule has 0 unspecified atom stereocenters. The lowest BCUT2D eigenvalue weighted by Crippen LogP contribution is -2.36. The summed E-state index contributed by atoms with van der Waals surface area (Å²) in [7, 11) is 4.00. The Labute approximate surface area is 161 Å². The van der Waals surface area contributed by atoms with Gasteiger partial charge in [0.1, 0.15) is 17.5 Å². The van der Waals surface area contributed by atoms with Crippen molar-refractivity contribution < 1.29 is 0 Å². The highest BCUT2D eigenvalue weighted by Gasteiger charge is 2.27. The zero-order valence-electron chi connectivity index (χ0n) is 16.4. The number of aromatic nitrogens is 5. The second-order valence-electron chi connectivity index (χ2n) is 7.65. The minimum atomic E-state index is 0.369. The van der Waals surface area contributed by atoms with E-state index in [1.54, 1.807) is 0 Å². The maximum Gasteiger partial charge on any atom is 0.227 e. The van der Waals surface area contributed by atoms with E-state index in [1.165, 1.54) is 32.4 Å². The average molecular weight is 371 g/mol. The Balaban J connectivity index is 1.46. The summed E-state index contributed by atoms with van der Waals surface area (Å²) in [6, 6.07) is 1.89. The molecule has 0 amide bonds. The molecule has 0 saturated carbocycles. The van der Waals surface area contributed by atoms with E-state index in [9.17, 15) is 0 Å². The Morgan fingerprint density at radius 3 is 2.78 bits per heavy atom. The van der Waals surface area contributed by atoms with Crippen LogP contribution in [0.5, 0.6) is 0 Å². The molecule has 27 heavy (non-hydrogen) atoms. The summed E-state index contributed by atoms with van der Waals surface area (Å²) in [4.78, 5) is 13.8. The normalized spacial score (nSPS) is 21.4. The summed E-state index contributed by atoms with van der Waals surface area (Å²) in [6.07, 6.45) is 8.03. The second kappa shape index (κ2) is 8.21. The minimum Gasteiger partial charge on any atom is -0.373 e. The van der Waals surface area contributed by atoms with Crippen LogP contribution in [-0.2, 0) is 13.6 Å². The fourth-order valence-electron chi connectivity index (χ4n) is 4.20. The summed E-state index contributed by atoms with van der Waals surface area (Å²) >= 11 is 0. The van der Waals surface area contributed by atoms with Gasteiger partial charge in [-0.25, -0.2) is 4.98 Å². The van der Waals surface area contributed by atoms with Gasteiger partial charge in [-0.05, 0) is 44.8 Å². The molecule has 0 spiro atoms. The molecule has 2 aliphatic heterocycles. The number of anilines is 2. The molecule has 4 heterocycles. The van der Waals surface area contributed by atoms with Gasteiger partial charge >= 0.3 is 0 Å². The number of likely N-dealkylation sites (tertiary alicyclic amines) is 1. The lowest BCUT2D eigenvalue weighted by atomic mass is 9.97. The van der Waals surface area contributed by atoms with E-state index < -0.39 is 0 Å². The first-order chi connectivity index (χ1) is 13.2. The molecule has 0 radical (unpaired) electrons. The summed E-state index contributed by atoms with van der Waals surface area (Å²) in [5.74, 6) is 4.19. The molecular weight excluding hydrogens is 340 g/mol. The van der Waals surface area contributed by atoms with E-state index in [0.717, 1.165) is 55.9 Å². The number of rotatable bonds is 5. The van der Waals surface area contributed by atoms with Crippen LogP contribution in [0.3, 0.4) is 0 Å². The van der Waals surface area contributed by atoms with Gasteiger partial charge in [-0.1, -0.05) is 6.42 Å². The predicted octanol–water partition coefficient (Wildman–Crippen LogP) is 2.02. The van der Waals surface area contributed by atoms with Crippen LogP contribution in [0.25, 0.3) is 0 Å². The van der Waals surface area contributed by atoms with Gasteiger partial charge in [0, 0.05) is 39.3 Å². The standard InChI is InChI=1S/C19H30N8/c1-20-16-8-9-21-19(22-16)27-12-6-7-15(13-27)18-24-23-17(25(18)2)14-26-10-4-3-5-11-26/h8-9,15H,3-7,10-14H2,1-2H3,(H,20,21,22)/t15-/m0/s1. The maximum atomic E-state index is 4.60. The van der Waals surface area contributed by atoms with Gasteiger partial charge < -0.3 is 14.8 Å². The molecule has 2 saturated heterocycles. The summed E-state index contributed by atoms with van der Waals surface area (Å²) in [5.41, 5.74) is 0. The van der Waals surface area contributed by atoms with Gasteiger partial charge in [0.25, 0.3) is 0 Å². The third-order valence-electron chi connectivity index (χ3n) is 5.78. The molecule has 0 bridgehead atoms. The lowest BCUT2D eigenvalue weighted by Gasteiger charge is -2.32. The van der Waals surface area contributed by atoms with E-state index in [4.69, 9.17) is 0 Å². The SMILES string of the molecule is CNc1ccnc(N2CCC[C@H](c3nnc(CN4CCCCC4)n3C)C2)n1. The molecule has 2 fully saturated rings. The van der Waals surface area contributed by atoms with Crippen LogP contribution < -0.4 is 10.2 Å². The Hall–Kier alpha value is -2.22. The molecule has 0 aromatic carbocycles. The number of nitrogens with one attached hydrogen (secondary N) is 1. The van der Waals surface area contributed by atoms with Crippen molar-refractivity contribution >= 4 is 11.8 Å².